The predicted octanol–water partition coefficient (Wildman–Crippen LogP) is 3.79. The molecule has 5 heterocycles. The van der Waals surface area contributed by atoms with Crippen molar-refractivity contribution in [1.82, 2.24) is 19.7 Å². The maximum atomic E-state index is 14.6. The van der Waals surface area contributed by atoms with Gasteiger partial charge in [-0.3, -0.25) is 9.20 Å². The number of amides is 1. The molecule has 0 aliphatic carbocycles. The number of benzene rings is 1. The molecule has 4 aromatic rings. The van der Waals surface area contributed by atoms with Gasteiger partial charge in [-0.2, -0.15) is 0 Å². The fourth-order valence-corrected chi connectivity index (χ4v) is 4.98. The number of piperidine rings is 1. The molecule has 9 heteroatoms. The third-order valence-corrected chi connectivity index (χ3v) is 6.83. The Balaban J connectivity index is 1.33. The number of pyridine rings is 2. The minimum atomic E-state index is -0.350. The Bertz CT molecular complexity index is 1450. The number of carbonyl (C=O) groups is 1. The van der Waals surface area contributed by atoms with Crippen molar-refractivity contribution in [2.24, 2.45) is 0 Å². The quantitative estimate of drug-likeness (QED) is 0.418. The molecular formula is C26H25FN6O2. The first-order valence-electron chi connectivity index (χ1n) is 11.7. The van der Waals surface area contributed by atoms with Crippen molar-refractivity contribution in [1.29, 1.82) is 0 Å². The number of nitrogens with zero attached hydrogens (tertiary/aromatic N) is 4. The highest BCUT2D eigenvalue weighted by molar-refractivity contribution is 6.06. The van der Waals surface area contributed by atoms with Gasteiger partial charge in [-0.05, 0) is 55.2 Å². The number of aliphatic hydroxyl groups excluding tert-OH is 1. The lowest BCUT2D eigenvalue weighted by molar-refractivity contribution is 0.0966. The van der Waals surface area contributed by atoms with Crippen LogP contribution in [0.5, 0.6) is 0 Å². The standard InChI is InChI=1S/C26H25FN6O2/c1-15-8-10-33-21(13-29-25(33)24(15)27)18-5-6-20(23-19(18)12-30-26(23)35)31-22-7-4-16(11-28-22)32-9-2-3-17(34)14-32/h4-8,10-11,13,17,34H,2-3,9,12,14H2,1H3,(H,28,31)(H,30,35). The van der Waals surface area contributed by atoms with Crippen LogP contribution in [0.15, 0.2) is 48.9 Å². The van der Waals surface area contributed by atoms with Crippen LogP contribution in [-0.2, 0) is 6.54 Å². The van der Waals surface area contributed by atoms with Crippen LogP contribution in [0.1, 0.15) is 34.3 Å². The monoisotopic (exact) mass is 472 g/mol. The highest BCUT2D eigenvalue weighted by Crippen LogP contribution is 2.36. The molecule has 2 aliphatic heterocycles. The number of imidazole rings is 1. The van der Waals surface area contributed by atoms with Crippen LogP contribution in [0, 0.1) is 12.7 Å². The molecule has 3 N–H and O–H groups in total. The van der Waals surface area contributed by atoms with E-state index in [4.69, 9.17) is 0 Å². The van der Waals surface area contributed by atoms with E-state index in [0.717, 1.165) is 41.9 Å². The maximum absolute atomic E-state index is 14.6. The molecule has 1 saturated heterocycles. The number of rotatable bonds is 4. The maximum Gasteiger partial charge on any atom is 0.254 e. The van der Waals surface area contributed by atoms with Gasteiger partial charge in [0.1, 0.15) is 5.82 Å². The van der Waals surface area contributed by atoms with E-state index in [1.165, 1.54) is 0 Å². The first-order valence-corrected chi connectivity index (χ1v) is 11.7. The second-order valence-electron chi connectivity index (χ2n) is 9.12. The normalized spacial score (nSPS) is 17.5. The predicted molar refractivity (Wildman–Crippen MR) is 131 cm³/mol. The Kier molecular flexibility index (Phi) is 5.14. The molecule has 1 amide bonds. The van der Waals surface area contributed by atoms with Crippen molar-refractivity contribution < 1.29 is 14.3 Å². The summed E-state index contributed by atoms with van der Waals surface area (Å²) in [4.78, 5) is 23.7. The number of carbonyl (C=O) groups excluding carboxylic acids is 1. The summed E-state index contributed by atoms with van der Waals surface area (Å²) in [6, 6.07) is 9.33. The lowest BCUT2D eigenvalue weighted by atomic mass is 9.99. The summed E-state index contributed by atoms with van der Waals surface area (Å²) in [7, 11) is 0. The van der Waals surface area contributed by atoms with Crippen molar-refractivity contribution in [2.45, 2.75) is 32.4 Å². The fraction of sp³-hybridized carbons (Fsp3) is 0.269. The number of halogens is 1. The number of hydrogen-bond acceptors (Lipinski definition) is 6. The van der Waals surface area contributed by atoms with Crippen LogP contribution in [-0.4, -0.2) is 44.6 Å². The van der Waals surface area contributed by atoms with Gasteiger partial charge in [-0.25, -0.2) is 14.4 Å². The van der Waals surface area contributed by atoms with Crippen molar-refractivity contribution in [3.8, 4) is 11.3 Å². The van der Waals surface area contributed by atoms with Gasteiger partial charge < -0.3 is 20.6 Å². The Hall–Kier alpha value is -3.98. The van der Waals surface area contributed by atoms with Gasteiger partial charge in [0.05, 0.1) is 41.1 Å². The number of aromatic nitrogens is 3. The van der Waals surface area contributed by atoms with Crippen LogP contribution in [0.25, 0.3) is 16.9 Å². The van der Waals surface area contributed by atoms with E-state index in [1.807, 2.05) is 24.3 Å². The topological polar surface area (TPSA) is 94.8 Å². The molecule has 1 aromatic carbocycles. The summed E-state index contributed by atoms with van der Waals surface area (Å²) in [6.07, 6.45) is 6.69. The van der Waals surface area contributed by atoms with Gasteiger partial charge in [0, 0.05) is 31.4 Å². The van der Waals surface area contributed by atoms with Crippen molar-refractivity contribution >= 4 is 28.7 Å². The molecule has 35 heavy (non-hydrogen) atoms. The second-order valence-corrected chi connectivity index (χ2v) is 9.12. The Morgan fingerprint density at radius 1 is 1.17 bits per heavy atom. The van der Waals surface area contributed by atoms with E-state index in [1.54, 1.807) is 36.0 Å². The molecular weight excluding hydrogens is 447 g/mol. The van der Waals surface area contributed by atoms with Crippen LogP contribution in [0.4, 0.5) is 21.6 Å². The van der Waals surface area contributed by atoms with E-state index < -0.39 is 0 Å². The van der Waals surface area contributed by atoms with E-state index in [2.05, 4.69) is 25.5 Å². The van der Waals surface area contributed by atoms with E-state index in [0.29, 0.717) is 35.7 Å². The Labute approximate surface area is 201 Å². The van der Waals surface area contributed by atoms with Crippen molar-refractivity contribution in [3.63, 3.8) is 0 Å². The zero-order valence-electron chi connectivity index (χ0n) is 19.3. The van der Waals surface area contributed by atoms with Gasteiger partial charge in [0.15, 0.2) is 11.5 Å². The number of nitrogens with one attached hydrogen (secondary N) is 2. The zero-order chi connectivity index (χ0) is 24.1. The summed E-state index contributed by atoms with van der Waals surface area (Å²) >= 11 is 0. The Morgan fingerprint density at radius 2 is 2.06 bits per heavy atom. The second kappa shape index (κ2) is 8.35. The summed E-state index contributed by atoms with van der Waals surface area (Å²) in [5.41, 5.74) is 5.35. The van der Waals surface area contributed by atoms with Gasteiger partial charge in [-0.1, -0.05) is 6.07 Å². The number of aryl methyl sites for hydroxylation is 1. The van der Waals surface area contributed by atoms with Gasteiger partial charge >= 0.3 is 0 Å². The lowest BCUT2D eigenvalue weighted by Crippen LogP contribution is -2.38. The molecule has 1 fully saturated rings. The minimum Gasteiger partial charge on any atom is -0.391 e. The number of β-amino-alcohol motifs (C(OH)–C–C–N with tert-alkyl or cyclic N) is 1. The van der Waals surface area contributed by atoms with Gasteiger partial charge in [-0.15, -0.1) is 0 Å². The molecule has 178 valence electrons. The van der Waals surface area contributed by atoms with Gasteiger partial charge in [0.2, 0.25) is 0 Å². The minimum absolute atomic E-state index is 0.167. The van der Waals surface area contributed by atoms with E-state index in [9.17, 15) is 14.3 Å². The van der Waals surface area contributed by atoms with Crippen LogP contribution in [0.2, 0.25) is 0 Å². The highest BCUT2D eigenvalue weighted by atomic mass is 19.1. The Morgan fingerprint density at radius 3 is 2.86 bits per heavy atom. The third-order valence-electron chi connectivity index (χ3n) is 6.83. The fourth-order valence-electron chi connectivity index (χ4n) is 4.98. The summed E-state index contributed by atoms with van der Waals surface area (Å²) in [5, 5.41) is 16.1. The van der Waals surface area contributed by atoms with E-state index in [-0.39, 0.29) is 23.5 Å². The van der Waals surface area contributed by atoms with E-state index >= 15 is 0 Å². The molecule has 0 saturated carbocycles. The third kappa shape index (κ3) is 3.68. The summed E-state index contributed by atoms with van der Waals surface area (Å²) in [6.45, 7) is 3.59. The molecule has 6 rings (SSSR count). The highest BCUT2D eigenvalue weighted by Gasteiger charge is 2.27. The zero-order valence-corrected chi connectivity index (χ0v) is 19.3. The van der Waals surface area contributed by atoms with Crippen LogP contribution < -0.4 is 15.5 Å². The van der Waals surface area contributed by atoms with Crippen molar-refractivity contribution in [3.05, 3.63) is 71.4 Å². The number of aliphatic hydroxyl groups is 1. The number of anilines is 3. The molecule has 0 bridgehead atoms. The molecule has 0 radical (unpaired) electrons. The number of fused-ring (bicyclic) bond motifs is 2. The average molecular weight is 473 g/mol. The summed E-state index contributed by atoms with van der Waals surface area (Å²) in [5.74, 6) is 0.101. The SMILES string of the molecule is Cc1ccn2c(-c3ccc(Nc4ccc(N5CCCC(O)C5)cn4)c4c3CNC4=O)cnc2c1F. The molecule has 1 unspecified atom stereocenters. The molecule has 8 nitrogen and oxygen atoms in total. The smallest absolute Gasteiger partial charge is 0.254 e. The van der Waals surface area contributed by atoms with Gasteiger partial charge in [0.25, 0.3) is 5.91 Å². The first-order chi connectivity index (χ1) is 17.0. The summed E-state index contributed by atoms with van der Waals surface area (Å²) < 4.78 is 16.3. The average Bonchev–Trinajstić information content (AvgIpc) is 3.47. The van der Waals surface area contributed by atoms with Crippen LogP contribution >= 0.6 is 0 Å². The van der Waals surface area contributed by atoms with Crippen molar-refractivity contribution in [2.75, 3.05) is 23.3 Å². The number of hydrogen-bond donors (Lipinski definition) is 3. The molecule has 0 spiro atoms. The first kappa shape index (κ1) is 21.5. The molecule has 1 atom stereocenters. The molecule has 3 aromatic heterocycles. The largest absolute Gasteiger partial charge is 0.391 e. The molecule has 2 aliphatic rings. The lowest BCUT2D eigenvalue weighted by Gasteiger charge is -2.31. The van der Waals surface area contributed by atoms with Crippen LogP contribution in [0.3, 0.4) is 0 Å².